The third kappa shape index (κ3) is 6.12. The molecule has 0 radical (unpaired) electrons. The molecule has 1 fully saturated rings. The van der Waals surface area contributed by atoms with Gasteiger partial charge in [0, 0.05) is 0 Å². The van der Waals surface area contributed by atoms with Crippen LogP contribution in [0.15, 0.2) is 47.0 Å². The summed E-state index contributed by atoms with van der Waals surface area (Å²) in [6, 6.07) is 11.9. The number of nitrogens with zero attached hydrogens (tertiary/aromatic N) is 1. The second-order valence-corrected chi connectivity index (χ2v) is 9.24. The SMILES string of the molecule is COc1ccc(F)c(-c2onc(COc3cccc([C@@H](CC(=O)O)C4CC4)c3)c2OCC(C)C)c1. The van der Waals surface area contributed by atoms with Gasteiger partial charge in [0.1, 0.15) is 23.9 Å². The number of hydrogen-bond donors (Lipinski definition) is 1. The van der Waals surface area contributed by atoms with Crippen molar-refractivity contribution >= 4 is 5.97 Å². The Morgan fingerprint density at radius 3 is 2.66 bits per heavy atom. The highest BCUT2D eigenvalue weighted by molar-refractivity contribution is 5.68. The summed E-state index contributed by atoms with van der Waals surface area (Å²) in [6.45, 7) is 4.45. The molecule has 1 atom stereocenters. The molecule has 2 aromatic carbocycles. The van der Waals surface area contributed by atoms with Crippen molar-refractivity contribution < 1.29 is 33.0 Å². The molecule has 1 aromatic heterocycles. The first-order chi connectivity index (χ1) is 16.9. The number of ether oxygens (including phenoxy) is 3. The third-order valence-corrected chi connectivity index (χ3v) is 5.94. The van der Waals surface area contributed by atoms with Crippen molar-refractivity contribution in [3.8, 4) is 28.6 Å². The minimum atomic E-state index is -0.805. The average Bonchev–Trinajstić information content (AvgIpc) is 3.60. The Labute approximate surface area is 203 Å². The molecule has 0 spiro atoms. The minimum absolute atomic E-state index is 0.0318. The fourth-order valence-corrected chi connectivity index (χ4v) is 4.01. The molecule has 3 aromatic rings. The first-order valence-corrected chi connectivity index (χ1v) is 11.8. The lowest BCUT2D eigenvalue weighted by atomic mass is 9.91. The Morgan fingerprint density at radius 1 is 1.17 bits per heavy atom. The van der Waals surface area contributed by atoms with Crippen molar-refractivity contribution in [2.45, 2.75) is 45.6 Å². The van der Waals surface area contributed by atoms with Gasteiger partial charge in [-0.2, -0.15) is 0 Å². The van der Waals surface area contributed by atoms with E-state index in [2.05, 4.69) is 5.16 Å². The largest absolute Gasteiger partial charge is 0.497 e. The van der Waals surface area contributed by atoms with Crippen LogP contribution >= 0.6 is 0 Å². The number of hydrogen-bond acceptors (Lipinski definition) is 6. The fourth-order valence-electron chi connectivity index (χ4n) is 4.01. The lowest BCUT2D eigenvalue weighted by Gasteiger charge is -2.16. The molecule has 0 bridgehead atoms. The number of benzene rings is 2. The van der Waals surface area contributed by atoms with E-state index in [1.165, 1.54) is 25.3 Å². The fraction of sp³-hybridized carbons (Fsp3) is 0.407. The first-order valence-electron chi connectivity index (χ1n) is 11.8. The van der Waals surface area contributed by atoms with Crippen LogP contribution in [-0.4, -0.2) is 29.9 Å². The van der Waals surface area contributed by atoms with Crippen LogP contribution in [0.5, 0.6) is 17.2 Å². The van der Waals surface area contributed by atoms with E-state index in [1.54, 1.807) is 0 Å². The Bertz CT molecular complexity index is 1170. The van der Waals surface area contributed by atoms with E-state index in [0.29, 0.717) is 35.5 Å². The molecule has 1 aliphatic rings. The van der Waals surface area contributed by atoms with Gasteiger partial charge in [0.2, 0.25) is 5.76 Å². The molecule has 1 N–H and O–H groups in total. The number of aliphatic carboxylic acids is 1. The van der Waals surface area contributed by atoms with Gasteiger partial charge in [0.05, 0.1) is 25.7 Å². The maximum absolute atomic E-state index is 14.6. The normalized spacial score (nSPS) is 14.1. The Morgan fingerprint density at radius 2 is 1.97 bits per heavy atom. The number of methoxy groups -OCH3 is 1. The van der Waals surface area contributed by atoms with Crippen molar-refractivity contribution in [1.82, 2.24) is 5.16 Å². The molecule has 0 saturated heterocycles. The highest BCUT2D eigenvalue weighted by Crippen LogP contribution is 2.45. The molecule has 35 heavy (non-hydrogen) atoms. The van der Waals surface area contributed by atoms with Gasteiger partial charge in [-0.05, 0) is 66.5 Å². The molecule has 0 amide bonds. The molecule has 0 unspecified atom stereocenters. The number of carbonyl (C=O) groups is 1. The summed E-state index contributed by atoms with van der Waals surface area (Å²) in [4.78, 5) is 11.3. The molecular formula is C27H30FNO6. The predicted octanol–water partition coefficient (Wildman–Crippen LogP) is 6.07. The zero-order valence-corrected chi connectivity index (χ0v) is 20.1. The number of aromatic nitrogens is 1. The smallest absolute Gasteiger partial charge is 0.303 e. The van der Waals surface area contributed by atoms with E-state index in [-0.39, 0.29) is 36.2 Å². The van der Waals surface area contributed by atoms with Crippen molar-refractivity contribution in [1.29, 1.82) is 0 Å². The van der Waals surface area contributed by atoms with Gasteiger partial charge >= 0.3 is 5.97 Å². The summed E-state index contributed by atoms with van der Waals surface area (Å²) in [7, 11) is 1.51. The standard InChI is InChI=1S/C27H30FNO6/c1-16(2)14-34-27-24(29-35-26(27)22-12-19(32-3)9-10-23(22)28)15-33-20-6-4-5-18(11-20)21(13-25(30)31)17-7-8-17/h4-6,9-12,16-17,21H,7-8,13-15H2,1-3H3,(H,30,31)/t21-/m0/s1. The maximum atomic E-state index is 14.6. The van der Waals surface area contributed by atoms with Crippen LogP contribution < -0.4 is 14.2 Å². The van der Waals surface area contributed by atoms with E-state index in [4.69, 9.17) is 18.7 Å². The van der Waals surface area contributed by atoms with Crippen LogP contribution in [0.2, 0.25) is 0 Å². The van der Waals surface area contributed by atoms with Gasteiger partial charge < -0.3 is 23.8 Å². The van der Waals surface area contributed by atoms with Crippen LogP contribution in [0.4, 0.5) is 4.39 Å². The summed E-state index contributed by atoms with van der Waals surface area (Å²) in [5, 5.41) is 13.4. The summed E-state index contributed by atoms with van der Waals surface area (Å²) in [5.74, 6) is 0.865. The van der Waals surface area contributed by atoms with Crippen LogP contribution in [0.3, 0.4) is 0 Å². The monoisotopic (exact) mass is 483 g/mol. The maximum Gasteiger partial charge on any atom is 0.303 e. The molecule has 0 aliphatic heterocycles. The summed E-state index contributed by atoms with van der Waals surface area (Å²) < 4.78 is 37.3. The van der Waals surface area contributed by atoms with Crippen LogP contribution in [0.25, 0.3) is 11.3 Å². The zero-order valence-electron chi connectivity index (χ0n) is 20.1. The molecule has 8 heteroatoms. The Hall–Kier alpha value is -3.55. The molecule has 1 saturated carbocycles. The molecule has 4 rings (SSSR count). The van der Waals surface area contributed by atoms with Gasteiger partial charge in [0.15, 0.2) is 11.4 Å². The van der Waals surface area contributed by atoms with Crippen LogP contribution in [0, 0.1) is 17.7 Å². The highest BCUT2D eigenvalue weighted by Gasteiger charge is 2.34. The van der Waals surface area contributed by atoms with E-state index >= 15 is 0 Å². The van der Waals surface area contributed by atoms with Gasteiger partial charge in [-0.1, -0.05) is 31.1 Å². The summed E-state index contributed by atoms with van der Waals surface area (Å²) in [6.07, 6.45) is 2.18. The lowest BCUT2D eigenvalue weighted by molar-refractivity contribution is -0.137. The Balaban J connectivity index is 1.57. The predicted molar refractivity (Wildman–Crippen MR) is 127 cm³/mol. The van der Waals surface area contributed by atoms with Gasteiger partial charge in [-0.3, -0.25) is 4.79 Å². The second kappa shape index (κ2) is 10.8. The highest BCUT2D eigenvalue weighted by atomic mass is 19.1. The van der Waals surface area contributed by atoms with Gasteiger partial charge in [-0.25, -0.2) is 4.39 Å². The van der Waals surface area contributed by atoms with Gasteiger partial charge in [-0.15, -0.1) is 0 Å². The quantitative estimate of drug-likeness (QED) is 0.334. The first kappa shape index (κ1) is 24.6. The average molecular weight is 484 g/mol. The lowest BCUT2D eigenvalue weighted by Crippen LogP contribution is -2.09. The number of carboxylic acid groups (broad SMARTS) is 1. The van der Waals surface area contributed by atoms with Crippen LogP contribution in [-0.2, 0) is 11.4 Å². The molecule has 7 nitrogen and oxygen atoms in total. The zero-order chi connectivity index (χ0) is 24.9. The van der Waals surface area contributed by atoms with E-state index in [1.807, 2.05) is 38.1 Å². The second-order valence-electron chi connectivity index (χ2n) is 9.24. The number of rotatable bonds is 12. The summed E-state index contributed by atoms with van der Waals surface area (Å²) in [5.41, 5.74) is 1.53. The molecular weight excluding hydrogens is 453 g/mol. The van der Waals surface area contributed by atoms with Gasteiger partial charge in [0.25, 0.3) is 0 Å². The molecule has 1 aliphatic carbocycles. The molecule has 1 heterocycles. The van der Waals surface area contributed by atoms with E-state index < -0.39 is 11.8 Å². The van der Waals surface area contributed by atoms with Crippen LogP contribution in [0.1, 0.15) is 50.3 Å². The van der Waals surface area contributed by atoms with E-state index in [9.17, 15) is 14.3 Å². The van der Waals surface area contributed by atoms with Crippen molar-refractivity contribution in [3.63, 3.8) is 0 Å². The van der Waals surface area contributed by atoms with Crippen molar-refractivity contribution in [2.75, 3.05) is 13.7 Å². The third-order valence-electron chi connectivity index (χ3n) is 5.94. The Kier molecular flexibility index (Phi) is 7.58. The van der Waals surface area contributed by atoms with Crippen molar-refractivity contribution in [2.24, 2.45) is 11.8 Å². The number of carboxylic acids is 1. The number of halogens is 1. The van der Waals surface area contributed by atoms with E-state index in [0.717, 1.165) is 18.4 Å². The van der Waals surface area contributed by atoms with Crippen molar-refractivity contribution in [3.05, 3.63) is 59.5 Å². The summed E-state index contributed by atoms with van der Waals surface area (Å²) >= 11 is 0. The molecule has 186 valence electrons. The minimum Gasteiger partial charge on any atom is -0.497 e. The topological polar surface area (TPSA) is 91.0 Å².